The van der Waals surface area contributed by atoms with Crippen LogP contribution < -0.4 is 16.1 Å². The fourth-order valence-electron chi connectivity index (χ4n) is 3.20. The smallest absolute Gasteiger partial charge is 0.296 e. The van der Waals surface area contributed by atoms with E-state index < -0.39 is 37.1 Å². The van der Waals surface area contributed by atoms with Gasteiger partial charge < -0.3 is 11.1 Å². The Labute approximate surface area is 219 Å². The van der Waals surface area contributed by atoms with Crippen molar-refractivity contribution < 1.29 is 30.7 Å². The van der Waals surface area contributed by atoms with Gasteiger partial charge in [0.15, 0.2) is 6.04 Å². The molecule has 2 heterocycles. The highest BCUT2D eigenvalue weighted by molar-refractivity contribution is 7.86. The summed E-state index contributed by atoms with van der Waals surface area (Å²) in [6, 6.07) is 6.93. The number of aromatic nitrogens is 3. The van der Waals surface area contributed by atoms with Gasteiger partial charge in [0.05, 0.1) is 16.3 Å². The molecule has 0 radical (unpaired) electrons. The molecule has 0 bridgehead atoms. The largest absolute Gasteiger partial charge is 0.368 e. The predicted octanol–water partition coefficient (Wildman–Crippen LogP) is 2.22. The third-order valence-corrected chi connectivity index (χ3v) is 6.81. The molecule has 0 saturated heterocycles. The minimum atomic E-state index is -4.74. The summed E-state index contributed by atoms with van der Waals surface area (Å²) in [6.45, 7) is 1.48. The standard InChI is InChI=1S/C19H16ClN9O7S2/c1-9-15(16(30)29(28-9)11-3-5-12(6-4-11)37(31,32)33)27-26-13-8-10(2-7-14(13)38(34,35)36)22-19-24-17(20)23-18(21)25-19/h2-8,15H,1H3,(H,31,32,33)(H,34,35,36)(H3,21,22,23,24,25). The molecule has 5 N–H and O–H groups in total. The molecule has 0 saturated carbocycles. The van der Waals surface area contributed by atoms with Gasteiger partial charge in [0.25, 0.3) is 26.1 Å². The Kier molecular flexibility index (Phi) is 7.08. The van der Waals surface area contributed by atoms with E-state index in [1.807, 2.05) is 0 Å². The number of amides is 1. The number of hydrazone groups is 1. The van der Waals surface area contributed by atoms with Crippen LogP contribution in [0.2, 0.25) is 5.28 Å². The fraction of sp³-hybridized carbons (Fsp3) is 0.105. The maximum Gasteiger partial charge on any atom is 0.296 e. The molecule has 1 unspecified atom stereocenters. The van der Waals surface area contributed by atoms with E-state index in [0.717, 1.165) is 23.2 Å². The zero-order valence-corrected chi connectivity index (χ0v) is 21.3. The van der Waals surface area contributed by atoms with Crippen molar-refractivity contribution in [3.8, 4) is 0 Å². The van der Waals surface area contributed by atoms with Gasteiger partial charge in [-0.3, -0.25) is 13.9 Å². The Morgan fingerprint density at radius 2 is 1.71 bits per heavy atom. The van der Waals surface area contributed by atoms with Gasteiger partial charge in [-0.25, -0.2) is 0 Å². The Balaban J connectivity index is 1.63. The van der Waals surface area contributed by atoms with E-state index in [9.17, 15) is 26.2 Å². The normalized spacial score (nSPS) is 16.2. The molecule has 1 amide bonds. The van der Waals surface area contributed by atoms with Crippen molar-refractivity contribution in [3.05, 3.63) is 47.7 Å². The summed E-state index contributed by atoms with van der Waals surface area (Å²) in [4.78, 5) is 23.3. The molecular formula is C19H16ClN9O7S2. The van der Waals surface area contributed by atoms with Gasteiger partial charge in [0.2, 0.25) is 17.2 Å². The van der Waals surface area contributed by atoms with Crippen molar-refractivity contribution in [2.24, 2.45) is 15.3 Å². The molecule has 198 valence electrons. The van der Waals surface area contributed by atoms with Crippen molar-refractivity contribution >= 4 is 72.4 Å². The lowest BCUT2D eigenvalue weighted by atomic mass is 10.2. The van der Waals surface area contributed by atoms with Crippen LogP contribution >= 0.6 is 11.6 Å². The highest BCUT2D eigenvalue weighted by Crippen LogP contribution is 2.31. The second kappa shape index (κ2) is 9.99. The first kappa shape index (κ1) is 26.9. The van der Waals surface area contributed by atoms with Crippen LogP contribution in [0.1, 0.15) is 6.92 Å². The lowest BCUT2D eigenvalue weighted by Gasteiger charge is -2.12. The van der Waals surface area contributed by atoms with Crippen LogP contribution in [0.5, 0.6) is 0 Å². The minimum absolute atomic E-state index is 0.0606. The van der Waals surface area contributed by atoms with E-state index in [2.05, 4.69) is 35.6 Å². The summed E-state index contributed by atoms with van der Waals surface area (Å²) in [5.41, 5.74) is 5.77. The molecule has 3 aromatic rings. The molecule has 0 fully saturated rings. The van der Waals surface area contributed by atoms with Crippen LogP contribution in [0.3, 0.4) is 0 Å². The first-order chi connectivity index (χ1) is 17.7. The van der Waals surface area contributed by atoms with Gasteiger partial charge in [0, 0.05) is 5.69 Å². The molecule has 0 aliphatic carbocycles. The van der Waals surface area contributed by atoms with Crippen LogP contribution in [0.4, 0.5) is 29.0 Å². The van der Waals surface area contributed by atoms with Crippen molar-refractivity contribution in [3.63, 3.8) is 0 Å². The molecule has 0 spiro atoms. The summed E-state index contributed by atoms with van der Waals surface area (Å²) in [7, 11) is -9.17. The number of benzene rings is 2. The molecule has 16 nitrogen and oxygen atoms in total. The maximum absolute atomic E-state index is 12.9. The molecule has 1 aromatic heterocycles. The number of nitrogens with two attached hydrogens (primary N) is 1. The number of nitrogens with one attached hydrogen (secondary N) is 1. The summed E-state index contributed by atoms with van der Waals surface area (Å²) in [5.74, 6) is -0.910. The molecule has 1 atom stereocenters. The Hall–Kier alpha value is -4.10. The molecular weight excluding hydrogens is 566 g/mol. The van der Waals surface area contributed by atoms with E-state index in [0.29, 0.717) is 0 Å². The van der Waals surface area contributed by atoms with Gasteiger partial charge in [-0.15, -0.1) is 0 Å². The molecule has 38 heavy (non-hydrogen) atoms. The van der Waals surface area contributed by atoms with Crippen molar-refractivity contribution in [1.29, 1.82) is 0 Å². The second-order valence-electron chi connectivity index (χ2n) is 7.55. The number of rotatable bonds is 7. The first-order valence-corrected chi connectivity index (χ1v) is 13.4. The molecule has 1 aliphatic heterocycles. The zero-order chi connectivity index (χ0) is 27.8. The van der Waals surface area contributed by atoms with Crippen molar-refractivity contribution in [2.45, 2.75) is 22.8 Å². The van der Waals surface area contributed by atoms with Crippen LogP contribution in [0, 0.1) is 0 Å². The van der Waals surface area contributed by atoms with Gasteiger partial charge >= 0.3 is 0 Å². The van der Waals surface area contributed by atoms with E-state index in [-0.39, 0.29) is 44.8 Å². The monoisotopic (exact) mass is 581 g/mol. The van der Waals surface area contributed by atoms with Crippen LogP contribution in [0.25, 0.3) is 0 Å². The number of anilines is 4. The number of hydrogen-bond acceptors (Lipinski definition) is 13. The van der Waals surface area contributed by atoms with Gasteiger partial charge in [-0.2, -0.15) is 52.1 Å². The third-order valence-electron chi connectivity index (χ3n) is 4.87. The van der Waals surface area contributed by atoms with Crippen molar-refractivity contribution in [1.82, 2.24) is 15.0 Å². The Bertz CT molecular complexity index is 1690. The lowest BCUT2D eigenvalue weighted by Crippen LogP contribution is -2.29. The predicted molar refractivity (Wildman–Crippen MR) is 134 cm³/mol. The Morgan fingerprint density at radius 3 is 2.32 bits per heavy atom. The molecule has 4 rings (SSSR count). The molecule has 1 aliphatic rings. The average molecular weight is 582 g/mol. The summed E-state index contributed by atoms with van der Waals surface area (Å²) in [5, 5.41) is 15.4. The summed E-state index contributed by atoms with van der Waals surface area (Å²) >= 11 is 5.75. The molecule has 2 aromatic carbocycles. The van der Waals surface area contributed by atoms with Crippen molar-refractivity contribution in [2.75, 3.05) is 16.1 Å². The topological polar surface area (TPSA) is 243 Å². The number of azo groups is 1. The molecule has 19 heteroatoms. The van der Waals surface area contributed by atoms with Crippen LogP contribution in [-0.2, 0) is 25.0 Å². The number of hydrogen-bond donors (Lipinski definition) is 4. The quantitative estimate of drug-likeness (QED) is 0.232. The average Bonchev–Trinajstić information content (AvgIpc) is 3.09. The van der Waals surface area contributed by atoms with Crippen LogP contribution in [0.15, 0.2) is 67.6 Å². The van der Waals surface area contributed by atoms with E-state index in [4.69, 9.17) is 21.9 Å². The van der Waals surface area contributed by atoms with E-state index >= 15 is 0 Å². The van der Waals surface area contributed by atoms with E-state index in [1.54, 1.807) is 0 Å². The highest BCUT2D eigenvalue weighted by atomic mass is 35.5. The number of carbonyl (C=O) groups excluding carboxylic acids is 1. The number of carbonyl (C=O) groups is 1. The Morgan fingerprint density at radius 1 is 1.03 bits per heavy atom. The zero-order valence-electron chi connectivity index (χ0n) is 19.0. The summed E-state index contributed by atoms with van der Waals surface area (Å²) in [6.07, 6.45) is 0. The minimum Gasteiger partial charge on any atom is -0.368 e. The lowest BCUT2D eigenvalue weighted by molar-refractivity contribution is -0.117. The third kappa shape index (κ3) is 5.89. The number of halogens is 1. The van der Waals surface area contributed by atoms with E-state index in [1.165, 1.54) is 31.2 Å². The SMILES string of the molecule is CC1=NN(c2ccc(S(=O)(=O)O)cc2)C(=O)C1N=Nc1cc(Nc2nc(N)nc(Cl)n2)ccc1S(=O)(=O)O. The van der Waals surface area contributed by atoms with Gasteiger partial charge in [-0.05, 0) is 61.0 Å². The fourth-order valence-corrected chi connectivity index (χ4v) is 4.45. The van der Waals surface area contributed by atoms with Crippen LogP contribution in [-0.4, -0.2) is 58.6 Å². The number of nitrogen functional groups attached to an aromatic ring is 1. The van der Waals surface area contributed by atoms with Gasteiger partial charge in [0.1, 0.15) is 10.6 Å². The highest BCUT2D eigenvalue weighted by Gasteiger charge is 2.35. The maximum atomic E-state index is 12.9. The first-order valence-electron chi connectivity index (χ1n) is 10.2. The number of nitrogens with zero attached hydrogens (tertiary/aromatic N) is 7. The van der Waals surface area contributed by atoms with Gasteiger partial charge in [-0.1, -0.05) is 0 Å². The summed E-state index contributed by atoms with van der Waals surface area (Å²) < 4.78 is 65.0. The second-order valence-corrected chi connectivity index (χ2v) is 10.7.